The number of alkyl carbamates (subject to hydrolysis) is 1. The Morgan fingerprint density at radius 1 is 1.29 bits per heavy atom. The van der Waals surface area contributed by atoms with Crippen LogP contribution in [0.25, 0.3) is 0 Å². The molecular formula is C20H25BrN4O6. The van der Waals surface area contributed by atoms with Gasteiger partial charge in [-0.05, 0) is 56.1 Å². The second-order valence-electron chi connectivity index (χ2n) is 7.99. The number of non-ortho nitro benzene ring substituents is 1. The van der Waals surface area contributed by atoms with Crippen LogP contribution in [0, 0.1) is 10.1 Å². The molecule has 2 aromatic rings. The van der Waals surface area contributed by atoms with Crippen molar-refractivity contribution in [2.75, 3.05) is 6.61 Å². The number of benzene rings is 1. The number of ether oxygens (including phenoxy) is 2. The van der Waals surface area contributed by atoms with Gasteiger partial charge < -0.3 is 14.8 Å². The van der Waals surface area contributed by atoms with Crippen molar-refractivity contribution in [1.82, 2.24) is 15.1 Å². The normalized spacial score (nSPS) is 13.2. The molecule has 0 bridgehead atoms. The number of nitrogens with zero attached hydrogens (tertiary/aromatic N) is 3. The monoisotopic (exact) mass is 496 g/mol. The van der Waals surface area contributed by atoms with Gasteiger partial charge in [-0.1, -0.05) is 12.1 Å². The summed E-state index contributed by atoms with van der Waals surface area (Å²) in [5.74, 6) is -0.592. The van der Waals surface area contributed by atoms with Gasteiger partial charge in [-0.15, -0.1) is 0 Å². The SMILES string of the molecule is CCOC(=O)c1c(Br)cnn1CC(C)(NC(=O)OC(C)(C)C)c1cccc([N+](=O)[O-])c1. The highest BCUT2D eigenvalue weighted by Gasteiger charge is 2.35. The molecule has 1 atom stereocenters. The van der Waals surface area contributed by atoms with Crippen LogP contribution in [-0.4, -0.2) is 39.0 Å². The molecule has 0 spiro atoms. The van der Waals surface area contributed by atoms with Crippen molar-refractivity contribution in [3.05, 3.63) is 56.3 Å². The second-order valence-corrected chi connectivity index (χ2v) is 8.84. The van der Waals surface area contributed by atoms with Gasteiger partial charge in [-0.25, -0.2) is 9.59 Å². The van der Waals surface area contributed by atoms with Crippen molar-refractivity contribution in [1.29, 1.82) is 0 Å². The number of amides is 1. The van der Waals surface area contributed by atoms with Gasteiger partial charge in [-0.2, -0.15) is 5.10 Å². The van der Waals surface area contributed by atoms with E-state index in [1.165, 1.54) is 29.1 Å². The summed E-state index contributed by atoms with van der Waals surface area (Å²) in [6, 6.07) is 5.88. The van der Waals surface area contributed by atoms with E-state index in [1.54, 1.807) is 40.7 Å². The molecule has 0 saturated carbocycles. The van der Waals surface area contributed by atoms with E-state index in [0.717, 1.165) is 0 Å². The van der Waals surface area contributed by atoms with E-state index < -0.39 is 28.1 Å². The summed E-state index contributed by atoms with van der Waals surface area (Å²) in [5.41, 5.74) is -1.50. The molecule has 0 aliphatic carbocycles. The van der Waals surface area contributed by atoms with Crippen LogP contribution in [0.3, 0.4) is 0 Å². The molecular weight excluding hydrogens is 472 g/mol. The molecule has 1 unspecified atom stereocenters. The molecule has 1 aromatic carbocycles. The maximum Gasteiger partial charge on any atom is 0.408 e. The minimum atomic E-state index is -1.21. The van der Waals surface area contributed by atoms with Crippen LogP contribution >= 0.6 is 15.9 Å². The molecule has 31 heavy (non-hydrogen) atoms. The van der Waals surface area contributed by atoms with Crippen LogP contribution in [0.4, 0.5) is 10.5 Å². The number of hydrogen-bond donors (Lipinski definition) is 1. The van der Waals surface area contributed by atoms with Crippen LogP contribution in [0.5, 0.6) is 0 Å². The quantitative estimate of drug-likeness (QED) is 0.346. The molecule has 10 nitrogen and oxygen atoms in total. The first-order valence-corrected chi connectivity index (χ1v) is 10.3. The highest BCUT2D eigenvalue weighted by Crippen LogP contribution is 2.29. The molecule has 1 heterocycles. The summed E-state index contributed by atoms with van der Waals surface area (Å²) in [6.07, 6.45) is 0.721. The Hall–Kier alpha value is -2.95. The number of carbonyl (C=O) groups excluding carboxylic acids is 2. The third-order valence-corrected chi connectivity index (χ3v) is 4.78. The van der Waals surface area contributed by atoms with E-state index in [4.69, 9.17) is 9.47 Å². The van der Waals surface area contributed by atoms with Gasteiger partial charge in [0.25, 0.3) is 5.69 Å². The van der Waals surface area contributed by atoms with Crippen LogP contribution < -0.4 is 5.32 Å². The fourth-order valence-corrected chi connectivity index (χ4v) is 3.34. The van der Waals surface area contributed by atoms with E-state index in [-0.39, 0.29) is 24.5 Å². The first kappa shape index (κ1) is 24.3. The highest BCUT2D eigenvalue weighted by molar-refractivity contribution is 9.10. The molecule has 0 radical (unpaired) electrons. The standard InChI is InChI=1S/C20H25BrN4O6/c1-6-30-17(26)16-15(21)11-22-24(16)12-20(5,23-18(27)31-19(2,3)4)13-8-7-9-14(10-13)25(28)29/h7-11H,6,12H2,1-5H3,(H,23,27). The van der Waals surface area contributed by atoms with Gasteiger partial charge in [0.05, 0.1) is 34.3 Å². The van der Waals surface area contributed by atoms with Gasteiger partial charge in [0.1, 0.15) is 5.60 Å². The minimum Gasteiger partial charge on any atom is -0.461 e. The largest absolute Gasteiger partial charge is 0.461 e. The number of hydrogen-bond acceptors (Lipinski definition) is 7. The van der Waals surface area contributed by atoms with Crippen molar-refractivity contribution in [2.24, 2.45) is 0 Å². The smallest absolute Gasteiger partial charge is 0.408 e. The molecule has 0 fully saturated rings. The average molecular weight is 497 g/mol. The number of nitrogens with one attached hydrogen (secondary N) is 1. The lowest BCUT2D eigenvalue weighted by Crippen LogP contribution is -2.48. The lowest BCUT2D eigenvalue weighted by atomic mass is 9.91. The Morgan fingerprint density at radius 3 is 2.55 bits per heavy atom. The Bertz CT molecular complexity index is 984. The number of aromatic nitrogens is 2. The summed E-state index contributed by atoms with van der Waals surface area (Å²) in [5, 5.41) is 18.3. The zero-order chi connectivity index (χ0) is 23.4. The van der Waals surface area contributed by atoms with Crippen LogP contribution in [0.2, 0.25) is 0 Å². The van der Waals surface area contributed by atoms with Crippen molar-refractivity contribution in [3.63, 3.8) is 0 Å². The van der Waals surface area contributed by atoms with E-state index in [0.29, 0.717) is 10.0 Å². The minimum absolute atomic E-state index is 0.0207. The Balaban J connectivity index is 2.51. The number of nitro groups is 1. The van der Waals surface area contributed by atoms with E-state index in [2.05, 4.69) is 26.3 Å². The first-order valence-electron chi connectivity index (χ1n) is 9.51. The zero-order valence-electron chi connectivity index (χ0n) is 18.0. The van der Waals surface area contributed by atoms with Gasteiger partial charge >= 0.3 is 12.1 Å². The fourth-order valence-electron chi connectivity index (χ4n) is 2.88. The average Bonchev–Trinajstić information content (AvgIpc) is 3.00. The highest BCUT2D eigenvalue weighted by atomic mass is 79.9. The Kier molecular flexibility index (Phi) is 7.42. The number of nitro benzene ring substituents is 1. The Labute approximate surface area is 188 Å². The number of rotatable bonds is 7. The second kappa shape index (κ2) is 9.46. The first-order chi connectivity index (χ1) is 14.4. The third-order valence-electron chi connectivity index (χ3n) is 4.20. The zero-order valence-corrected chi connectivity index (χ0v) is 19.6. The number of esters is 1. The third kappa shape index (κ3) is 6.27. The summed E-state index contributed by atoms with van der Waals surface area (Å²) < 4.78 is 12.3. The molecule has 1 amide bonds. The van der Waals surface area contributed by atoms with Gasteiger partial charge in [0.2, 0.25) is 0 Å². The molecule has 168 valence electrons. The van der Waals surface area contributed by atoms with Crippen molar-refractivity contribution >= 4 is 33.7 Å². The van der Waals surface area contributed by atoms with Crippen LogP contribution in [0.1, 0.15) is 50.7 Å². The fraction of sp³-hybridized carbons (Fsp3) is 0.450. The van der Waals surface area contributed by atoms with Gasteiger partial charge in [-0.3, -0.25) is 14.8 Å². The van der Waals surface area contributed by atoms with Crippen LogP contribution in [0.15, 0.2) is 34.9 Å². The van der Waals surface area contributed by atoms with Crippen LogP contribution in [-0.2, 0) is 21.6 Å². The maximum absolute atomic E-state index is 12.6. The van der Waals surface area contributed by atoms with Crippen molar-refractivity contribution < 1.29 is 24.0 Å². The van der Waals surface area contributed by atoms with E-state index in [9.17, 15) is 19.7 Å². The molecule has 11 heteroatoms. The Morgan fingerprint density at radius 2 is 1.97 bits per heavy atom. The molecule has 2 rings (SSSR count). The lowest BCUT2D eigenvalue weighted by Gasteiger charge is -2.32. The summed E-state index contributed by atoms with van der Waals surface area (Å²) in [6.45, 7) is 8.68. The van der Waals surface area contributed by atoms with Crippen molar-refractivity contribution in [2.45, 2.75) is 52.3 Å². The summed E-state index contributed by atoms with van der Waals surface area (Å²) >= 11 is 3.29. The number of halogens is 1. The summed E-state index contributed by atoms with van der Waals surface area (Å²) in [7, 11) is 0. The van der Waals surface area contributed by atoms with E-state index in [1.807, 2.05) is 0 Å². The molecule has 0 saturated heterocycles. The van der Waals surface area contributed by atoms with Crippen molar-refractivity contribution in [3.8, 4) is 0 Å². The predicted octanol–water partition coefficient (Wildman–Crippen LogP) is 4.17. The van der Waals surface area contributed by atoms with Gasteiger partial charge in [0, 0.05) is 12.1 Å². The van der Waals surface area contributed by atoms with E-state index >= 15 is 0 Å². The lowest BCUT2D eigenvalue weighted by molar-refractivity contribution is -0.385. The molecule has 1 N–H and O–H groups in total. The molecule has 1 aromatic heterocycles. The summed E-state index contributed by atoms with van der Waals surface area (Å²) in [4.78, 5) is 35.7. The molecule has 0 aliphatic heterocycles. The number of carbonyl (C=O) groups is 2. The topological polar surface area (TPSA) is 126 Å². The maximum atomic E-state index is 12.6. The predicted molar refractivity (Wildman–Crippen MR) is 116 cm³/mol. The molecule has 0 aliphatic rings. The van der Waals surface area contributed by atoms with Gasteiger partial charge in [0.15, 0.2) is 5.69 Å².